The van der Waals surface area contributed by atoms with E-state index in [-0.39, 0.29) is 6.04 Å². The first-order valence-corrected chi connectivity index (χ1v) is 7.59. The molecule has 1 N–H and O–H groups in total. The summed E-state index contributed by atoms with van der Waals surface area (Å²) in [6, 6.07) is 12.3. The molecule has 1 unspecified atom stereocenters. The zero-order chi connectivity index (χ0) is 15.4. The van der Waals surface area contributed by atoms with Crippen molar-refractivity contribution in [1.29, 1.82) is 0 Å². The molecule has 21 heavy (non-hydrogen) atoms. The SMILES string of the molecule is CCNC(c1cccc(Cl)c1)c1ccc(C)c(C)c1OC. The molecular formula is C18H22ClNO. The van der Waals surface area contributed by atoms with Crippen LogP contribution in [-0.2, 0) is 0 Å². The van der Waals surface area contributed by atoms with Gasteiger partial charge in [0.05, 0.1) is 13.2 Å². The van der Waals surface area contributed by atoms with Gasteiger partial charge in [0.15, 0.2) is 0 Å². The third kappa shape index (κ3) is 3.39. The van der Waals surface area contributed by atoms with Crippen LogP contribution in [0.25, 0.3) is 0 Å². The topological polar surface area (TPSA) is 21.3 Å². The molecule has 0 bridgehead atoms. The van der Waals surface area contributed by atoms with Gasteiger partial charge in [-0.2, -0.15) is 0 Å². The van der Waals surface area contributed by atoms with Gasteiger partial charge in [0.25, 0.3) is 0 Å². The number of hydrogen-bond donors (Lipinski definition) is 1. The number of aryl methyl sites for hydroxylation is 1. The molecule has 0 saturated carbocycles. The molecule has 3 heteroatoms. The fourth-order valence-corrected chi connectivity index (χ4v) is 2.81. The van der Waals surface area contributed by atoms with Crippen molar-refractivity contribution in [3.63, 3.8) is 0 Å². The molecular weight excluding hydrogens is 282 g/mol. The minimum absolute atomic E-state index is 0.0722. The van der Waals surface area contributed by atoms with Crippen molar-refractivity contribution in [3.05, 3.63) is 63.7 Å². The lowest BCUT2D eigenvalue weighted by atomic mass is 9.94. The molecule has 0 radical (unpaired) electrons. The van der Waals surface area contributed by atoms with Gasteiger partial charge >= 0.3 is 0 Å². The van der Waals surface area contributed by atoms with Gasteiger partial charge in [0.2, 0.25) is 0 Å². The first kappa shape index (κ1) is 15.9. The van der Waals surface area contributed by atoms with E-state index in [0.29, 0.717) is 0 Å². The van der Waals surface area contributed by atoms with Crippen LogP contribution in [0.15, 0.2) is 36.4 Å². The Hall–Kier alpha value is -1.51. The fourth-order valence-electron chi connectivity index (χ4n) is 2.61. The number of ether oxygens (including phenoxy) is 1. The largest absolute Gasteiger partial charge is 0.496 e. The van der Waals surface area contributed by atoms with Gasteiger partial charge in [-0.05, 0) is 49.2 Å². The Bertz CT molecular complexity index is 625. The van der Waals surface area contributed by atoms with Crippen molar-refractivity contribution in [3.8, 4) is 5.75 Å². The monoisotopic (exact) mass is 303 g/mol. The molecule has 0 aliphatic carbocycles. The normalized spacial score (nSPS) is 12.2. The van der Waals surface area contributed by atoms with Crippen LogP contribution in [0.5, 0.6) is 5.75 Å². The minimum Gasteiger partial charge on any atom is -0.496 e. The van der Waals surface area contributed by atoms with Crippen LogP contribution < -0.4 is 10.1 Å². The van der Waals surface area contributed by atoms with E-state index in [4.69, 9.17) is 16.3 Å². The van der Waals surface area contributed by atoms with Crippen LogP contribution in [0.3, 0.4) is 0 Å². The highest BCUT2D eigenvalue weighted by Gasteiger charge is 2.19. The maximum atomic E-state index is 6.15. The second kappa shape index (κ2) is 6.97. The van der Waals surface area contributed by atoms with E-state index in [1.54, 1.807) is 7.11 Å². The summed E-state index contributed by atoms with van der Waals surface area (Å²) < 4.78 is 5.66. The third-order valence-electron chi connectivity index (χ3n) is 3.81. The summed E-state index contributed by atoms with van der Waals surface area (Å²) in [5.41, 5.74) is 4.70. The predicted octanol–water partition coefficient (Wildman–Crippen LogP) is 4.66. The van der Waals surface area contributed by atoms with Crippen molar-refractivity contribution < 1.29 is 4.74 Å². The van der Waals surface area contributed by atoms with Crippen molar-refractivity contribution >= 4 is 11.6 Å². The number of benzene rings is 2. The highest BCUT2D eigenvalue weighted by molar-refractivity contribution is 6.30. The molecule has 112 valence electrons. The van der Waals surface area contributed by atoms with E-state index in [2.05, 4.69) is 44.3 Å². The average molecular weight is 304 g/mol. The highest BCUT2D eigenvalue weighted by atomic mass is 35.5. The molecule has 0 aromatic heterocycles. The molecule has 2 aromatic carbocycles. The van der Waals surface area contributed by atoms with Crippen LogP contribution in [-0.4, -0.2) is 13.7 Å². The maximum Gasteiger partial charge on any atom is 0.127 e. The zero-order valence-electron chi connectivity index (χ0n) is 13.0. The third-order valence-corrected chi connectivity index (χ3v) is 4.05. The molecule has 2 nitrogen and oxygen atoms in total. The number of methoxy groups -OCH3 is 1. The Labute approximate surface area is 132 Å². The van der Waals surface area contributed by atoms with E-state index in [0.717, 1.165) is 28.4 Å². The predicted molar refractivity (Wildman–Crippen MR) is 89.4 cm³/mol. The maximum absolute atomic E-state index is 6.15. The number of nitrogens with one attached hydrogen (secondary N) is 1. The first-order valence-electron chi connectivity index (χ1n) is 7.21. The number of rotatable bonds is 5. The lowest BCUT2D eigenvalue weighted by Crippen LogP contribution is -2.22. The quantitative estimate of drug-likeness (QED) is 0.867. The summed E-state index contributed by atoms with van der Waals surface area (Å²) in [4.78, 5) is 0. The smallest absolute Gasteiger partial charge is 0.127 e. The molecule has 0 fully saturated rings. The Morgan fingerprint density at radius 2 is 1.95 bits per heavy atom. The van der Waals surface area contributed by atoms with Gasteiger partial charge in [0.1, 0.15) is 5.75 Å². The molecule has 0 spiro atoms. The molecule has 2 aromatic rings. The van der Waals surface area contributed by atoms with Crippen molar-refractivity contribution in [1.82, 2.24) is 5.32 Å². The number of halogens is 1. The second-order valence-corrected chi connectivity index (χ2v) is 5.61. The molecule has 0 aliphatic heterocycles. The van der Waals surface area contributed by atoms with Crippen LogP contribution in [0.1, 0.15) is 35.2 Å². The molecule has 0 amide bonds. The Morgan fingerprint density at radius 1 is 1.19 bits per heavy atom. The molecule has 0 saturated heterocycles. The summed E-state index contributed by atoms with van der Waals surface area (Å²) in [5, 5.41) is 4.27. The molecule has 0 heterocycles. The average Bonchev–Trinajstić information content (AvgIpc) is 2.48. The Morgan fingerprint density at radius 3 is 2.57 bits per heavy atom. The Balaban J connectivity index is 2.55. The van der Waals surface area contributed by atoms with Crippen LogP contribution in [0.2, 0.25) is 5.02 Å². The first-order chi connectivity index (χ1) is 10.1. The van der Waals surface area contributed by atoms with Crippen molar-refractivity contribution in [2.45, 2.75) is 26.8 Å². The fraction of sp³-hybridized carbons (Fsp3) is 0.333. The van der Waals surface area contributed by atoms with Crippen LogP contribution >= 0.6 is 11.6 Å². The number of hydrogen-bond acceptors (Lipinski definition) is 2. The Kier molecular flexibility index (Phi) is 5.27. The lowest BCUT2D eigenvalue weighted by Gasteiger charge is -2.23. The van der Waals surface area contributed by atoms with Crippen LogP contribution in [0.4, 0.5) is 0 Å². The van der Waals surface area contributed by atoms with E-state index in [1.165, 1.54) is 11.1 Å². The van der Waals surface area contributed by atoms with E-state index in [1.807, 2.05) is 18.2 Å². The lowest BCUT2D eigenvalue weighted by molar-refractivity contribution is 0.401. The zero-order valence-corrected chi connectivity index (χ0v) is 13.8. The minimum atomic E-state index is 0.0722. The summed E-state index contributed by atoms with van der Waals surface area (Å²) in [6.45, 7) is 7.17. The van der Waals surface area contributed by atoms with Gasteiger partial charge in [-0.1, -0.05) is 42.8 Å². The van der Waals surface area contributed by atoms with Gasteiger partial charge in [-0.3, -0.25) is 0 Å². The van der Waals surface area contributed by atoms with Crippen molar-refractivity contribution in [2.75, 3.05) is 13.7 Å². The second-order valence-electron chi connectivity index (χ2n) is 5.18. The summed E-state index contributed by atoms with van der Waals surface area (Å²) in [5.74, 6) is 0.945. The standard InChI is InChI=1S/C18H22ClNO/c1-5-20-17(14-7-6-8-15(19)11-14)16-10-9-12(2)13(3)18(16)21-4/h6-11,17,20H,5H2,1-4H3. The molecule has 0 aliphatic rings. The summed E-state index contributed by atoms with van der Waals surface area (Å²) in [6.07, 6.45) is 0. The van der Waals surface area contributed by atoms with E-state index in [9.17, 15) is 0 Å². The van der Waals surface area contributed by atoms with Crippen molar-refractivity contribution in [2.24, 2.45) is 0 Å². The van der Waals surface area contributed by atoms with Gasteiger partial charge in [0, 0.05) is 10.6 Å². The van der Waals surface area contributed by atoms with E-state index >= 15 is 0 Å². The van der Waals surface area contributed by atoms with Gasteiger partial charge in [-0.15, -0.1) is 0 Å². The highest BCUT2D eigenvalue weighted by Crippen LogP contribution is 2.34. The van der Waals surface area contributed by atoms with Crippen LogP contribution in [0, 0.1) is 13.8 Å². The summed E-state index contributed by atoms with van der Waals surface area (Å²) in [7, 11) is 1.73. The van der Waals surface area contributed by atoms with Gasteiger partial charge in [-0.25, -0.2) is 0 Å². The molecule has 1 atom stereocenters. The van der Waals surface area contributed by atoms with Gasteiger partial charge < -0.3 is 10.1 Å². The molecule has 2 rings (SSSR count). The van der Waals surface area contributed by atoms with E-state index < -0.39 is 0 Å². The summed E-state index contributed by atoms with van der Waals surface area (Å²) >= 11 is 6.15.